The van der Waals surface area contributed by atoms with Gasteiger partial charge in [0.25, 0.3) is 0 Å². The van der Waals surface area contributed by atoms with Crippen LogP contribution in [0.3, 0.4) is 0 Å². The SMILES string of the molecule is CCCCCCCCCCCCCCCCCCCCCCN(CCCCCCCCCCCCCCCCCCCCCC)C(C)CC(=O)[O-].[K+]. The maximum atomic E-state index is 11.3. The standard InChI is InChI=1S/C48H97NO2.K/c1-4-6-8-10-12-14-16-18-20-22-24-26-28-30-32-34-36-38-40-42-44-49(47(3)46-48(50)51)45-43-41-39-37-35-33-31-29-27-25-23-21-19-17-15-13-11-9-7-5-2;/h47H,4-46H2,1-3H3,(H,50,51);/q;+1/p-1. The van der Waals surface area contributed by atoms with Gasteiger partial charge in [0.15, 0.2) is 0 Å². The van der Waals surface area contributed by atoms with Gasteiger partial charge in [-0.25, -0.2) is 0 Å². The van der Waals surface area contributed by atoms with Crippen molar-refractivity contribution in [1.82, 2.24) is 4.90 Å². The molecule has 306 valence electrons. The van der Waals surface area contributed by atoms with Crippen LogP contribution < -0.4 is 56.5 Å². The molecule has 0 heterocycles. The molecule has 4 heteroatoms. The van der Waals surface area contributed by atoms with Crippen molar-refractivity contribution >= 4 is 5.97 Å². The predicted octanol–water partition coefficient (Wildman–Crippen LogP) is 12.5. The van der Waals surface area contributed by atoms with Crippen molar-refractivity contribution < 1.29 is 61.3 Å². The molecular formula is C48H96KNO2. The molecule has 0 rings (SSSR count). The predicted molar refractivity (Wildman–Crippen MR) is 227 cm³/mol. The van der Waals surface area contributed by atoms with Crippen molar-refractivity contribution in [1.29, 1.82) is 0 Å². The Morgan fingerprint density at radius 2 is 0.538 bits per heavy atom. The Hall–Kier alpha value is 1.07. The van der Waals surface area contributed by atoms with E-state index in [4.69, 9.17) is 0 Å². The van der Waals surface area contributed by atoms with Gasteiger partial charge in [-0.3, -0.25) is 0 Å². The summed E-state index contributed by atoms with van der Waals surface area (Å²) in [6, 6.07) is 0.0932. The zero-order valence-corrected chi connectivity index (χ0v) is 39.9. The minimum atomic E-state index is -0.903. The van der Waals surface area contributed by atoms with E-state index in [1.165, 1.54) is 257 Å². The molecule has 0 bridgehead atoms. The summed E-state index contributed by atoms with van der Waals surface area (Å²) in [5, 5.41) is 11.3. The van der Waals surface area contributed by atoms with Gasteiger partial charge < -0.3 is 14.8 Å². The van der Waals surface area contributed by atoms with Crippen LogP contribution in [-0.2, 0) is 4.79 Å². The van der Waals surface area contributed by atoms with Crippen LogP contribution in [0.5, 0.6) is 0 Å². The van der Waals surface area contributed by atoms with E-state index in [-0.39, 0.29) is 63.8 Å². The zero-order valence-electron chi connectivity index (χ0n) is 36.7. The Labute approximate surface area is 372 Å². The molecule has 0 aromatic heterocycles. The van der Waals surface area contributed by atoms with E-state index in [1.54, 1.807) is 0 Å². The van der Waals surface area contributed by atoms with Crippen LogP contribution in [0.2, 0.25) is 0 Å². The number of aliphatic carboxylic acids is 1. The molecule has 0 aliphatic carbocycles. The first-order chi connectivity index (χ1) is 25.1. The zero-order chi connectivity index (χ0) is 37.1. The molecule has 0 spiro atoms. The monoisotopic (exact) mass is 758 g/mol. The number of carbonyl (C=O) groups is 1. The Balaban J connectivity index is 0. The molecule has 0 aliphatic rings. The number of hydrogen-bond acceptors (Lipinski definition) is 3. The number of carbonyl (C=O) groups excluding carboxylic acids is 1. The smallest absolute Gasteiger partial charge is 0.550 e. The molecule has 0 aliphatic heterocycles. The van der Waals surface area contributed by atoms with Crippen LogP contribution in [0.1, 0.15) is 284 Å². The summed E-state index contributed by atoms with van der Waals surface area (Å²) in [7, 11) is 0. The van der Waals surface area contributed by atoms with Gasteiger partial charge in [-0.15, -0.1) is 0 Å². The average molecular weight is 758 g/mol. The van der Waals surface area contributed by atoms with E-state index in [2.05, 4.69) is 25.7 Å². The normalized spacial score (nSPS) is 12.1. The van der Waals surface area contributed by atoms with E-state index in [9.17, 15) is 9.90 Å². The second-order valence-electron chi connectivity index (χ2n) is 16.9. The molecule has 0 fully saturated rings. The second-order valence-corrected chi connectivity index (χ2v) is 16.9. The minimum absolute atomic E-state index is 0. The van der Waals surface area contributed by atoms with Crippen molar-refractivity contribution in [2.45, 2.75) is 290 Å². The molecule has 52 heavy (non-hydrogen) atoms. The third kappa shape index (κ3) is 45.5. The fourth-order valence-corrected chi connectivity index (χ4v) is 8.06. The maximum absolute atomic E-state index is 11.3. The molecule has 0 radical (unpaired) electrons. The fraction of sp³-hybridized carbons (Fsp3) is 0.979. The van der Waals surface area contributed by atoms with E-state index in [1.807, 2.05) is 0 Å². The summed E-state index contributed by atoms with van der Waals surface area (Å²) in [4.78, 5) is 13.7. The molecule has 0 saturated carbocycles. The number of rotatable bonds is 45. The van der Waals surface area contributed by atoms with Gasteiger partial charge in [0.2, 0.25) is 0 Å². The van der Waals surface area contributed by atoms with Gasteiger partial charge in [-0.2, -0.15) is 0 Å². The molecule has 1 atom stereocenters. The molecule has 0 saturated heterocycles. The Bertz CT molecular complexity index is 614. The Morgan fingerprint density at radius 1 is 0.365 bits per heavy atom. The van der Waals surface area contributed by atoms with Crippen LogP contribution in [-0.4, -0.2) is 30.0 Å². The van der Waals surface area contributed by atoms with Crippen molar-refractivity contribution in [2.75, 3.05) is 13.1 Å². The van der Waals surface area contributed by atoms with Crippen LogP contribution in [0.15, 0.2) is 0 Å². The summed E-state index contributed by atoms with van der Waals surface area (Å²) < 4.78 is 0. The van der Waals surface area contributed by atoms with E-state index in [0.717, 1.165) is 13.1 Å². The summed E-state index contributed by atoms with van der Waals surface area (Å²) in [5.74, 6) is -0.903. The maximum Gasteiger partial charge on any atom is 1.00 e. The summed E-state index contributed by atoms with van der Waals surface area (Å²) in [6.45, 7) is 8.78. The summed E-state index contributed by atoms with van der Waals surface area (Å²) in [6.07, 6.45) is 56.5. The third-order valence-corrected chi connectivity index (χ3v) is 11.7. The van der Waals surface area contributed by atoms with Crippen molar-refractivity contribution in [2.24, 2.45) is 0 Å². The first-order valence-corrected chi connectivity index (χ1v) is 24.1. The van der Waals surface area contributed by atoms with Gasteiger partial charge in [0.05, 0.1) is 0 Å². The molecule has 0 amide bonds. The largest absolute Gasteiger partial charge is 1.00 e. The Morgan fingerprint density at radius 3 is 0.712 bits per heavy atom. The number of carboxylic acids is 1. The number of hydrogen-bond donors (Lipinski definition) is 0. The van der Waals surface area contributed by atoms with E-state index in [0.29, 0.717) is 0 Å². The number of nitrogens with zero attached hydrogens (tertiary/aromatic N) is 1. The summed E-state index contributed by atoms with van der Waals surface area (Å²) in [5.41, 5.74) is 0. The van der Waals surface area contributed by atoms with Gasteiger partial charge in [-0.1, -0.05) is 258 Å². The molecule has 0 aromatic rings. The molecule has 0 N–H and O–H groups in total. The third-order valence-electron chi connectivity index (χ3n) is 11.7. The van der Waals surface area contributed by atoms with Crippen molar-refractivity contribution in [3.8, 4) is 0 Å². The van der Waals surface area contributed by atoms with Gasteiger partial charge in [0.1, 0.15) is 0 Å². The fourth-order valence-electron chi connectivity index (χ4n) is 8.06. The number of unbranched alkanes of at least 4 members (excludes halogenated alkanes) is 38. The van der Waals surface area contributed by atoms with Crippen LogP contribution in [0.25, 0.3) is 0 Å². The molecule has 0 aromatic carbocycles. The van der Waals surface area contributed by atoms with E-state index >= 15 is 0 Å². The second kappa shape index (κ2) is 48.2. The van der Waals surface area contributed by atoms with Crippen LogP contribution in [0.4, 0.5) is 0 Å². The molecular weight excluding hydrogens is 662 g/mol. The first kappa shape index (κ1) is 55.2. The van der Waals surface area contributed by atoms with Gasteiger partial charge in [0, 0.05) is 18.4 Å². The van der Waals surface area contributed by atoms with Crippen molar-refractivity contribution in [3.05, 3.63) is 0 Å². The van der Waals surface area contributed by atoms with Crippen LogP contribution >= 0.6 is 0 Å². The number of carboxylic acid groups (broad SMARTS) is 1. The topological polar surface area (TPSA) is 43.4 Å². The molecule has 3 nitrogen and oxygen atoms in total. The average Bonchev–Trinajstić information content (AvgIpc) is 3.12. The molecule has 1 unspecified atom stereocenters. The first-order valence-electron chi connectivity index (χ1n) is 24.1. The quantitative estimate of drug-likeness (QED) is 0.0459. The Kier molecular flexibility index (Phi) is 51.2. The van der Waals surface area contributed by atoms with Gasteiger partial charge >= 0.3 is 51.4 Å². The van der Waals surface area contributed by atoms with Crippen molar-refractivity contribution in [3.63, 3.8) is 0 Å². The van der Waals surface area contributed by atoms with Gasteiger partial charge in [-0.05, 0) is 32.9 Å². The summed E-state index contributed by atoms with van der Waals surface area (Å²) >= 11 is 0. The van der Waals surface area contributed by atoms with Crippen LogP contribution in [0, 0.1) is 0 Å². The minimum Gasteiger partial charge on any atom is -0.550 e. The van der Waals surface area contributed by atoms with E-state index < -0.39 is 5.97 Å².